The van der Waals surface area contributed by atoms with Gasteiger partial charge in [-0.15, -0.1) is 24.8 Å². The van der Waals surface area contributed by atoms with Gasteiger partial charge in [0.1, 0.15) is 0 Å². The number of nitrogens with one attached hydrogen (secondary N) is 1. The number of rotatable bonds is 3. The van der Waals surface area contributed by atoms with Crippen molar-refractivity contribution in [2.24, 2.45) is 11.3 Å². The lowest BCUT2D eigenvalue weighted by molar-refractivity contribution is 0.134. The number of pyridine rings is 1. The second kappa shape index (κ2) is 6.60. The molecule has 2 aliphatic rings. The molecule has 2 fully saturated rings. The summed E-state index contributed by atoms with van der Waals surface area (Å²) in [7, 11) is 0. The van der Waals surface area contributed by atoms with Crippen molar-refractivity contribution in [3.63, 3.8) is 0 Å². The van der Waals surface area contributed by atoms with Crippen molar-refractivity contribution in [2.75, 3.05) is 19.7 Å². The van der Waals surface area contributed by atoms with Crippen molar-refractivity contribution in [1.29, 1.82) is 0 Å². The SMILES string of the molecule is Cl.Cl.c1ccc(OC[C@@]23CCC[C@@H]2CNC3)nc1. The van der Waals surface area contributed by atoms with Gasteiger partial charge in [0.05, 0.1) is 6.61 Å². The average molecular weight is 291 g/mol. The van der Waals surface area contributed by atoms with Crippen molar-refractivity contribution < 1.29 is 4.74 Å². The third-order valence-electron chi connectivity index (χ3n) is 4.11. The first kappa shape index (κ1) is 15.5. The molecule has 1 N–H and O–H groups in total. The fourth-order valence-corrected chi connectivity index (χ4v) is 3.15. The molecule has 1 saturated heterocycles. The largest absolute Gasteiger partial charge is 0.477 e. The zero-order valence-corrected chi connectivity index (χ0v) is 11.9. The first-order valence-electron chi connectivity index (χ1n) is 6.14. The number of hydrogen-bond donors (Lipinski definition) is 1. The summed E-state index contributed by atoms with van der Waals surface area (Å²) in [4.78, 5) is 4.21. The quantitative estimate of drug-likeness (QED) is 0.929. The first-order valence-corrected chi connectivity index (χ1v) is 6.14. The topological polar surface area (TPSA) is 34.1 Å². The molecule has 0 unspecified atom stereocenters. The molecule has 0 aromatic carbocycles. The molecule has 1 saturated carbocycles. The normalized spacial score (nSPS) is 29.0. The van der Waals surface area contributed by atoms with Gasteiger partial charge in [-0.1, -0.05) is 12.5 Å². The number of fused-ring (bicyclic) bond motifs is 1. The molecule has 1 aromatic heterocycles. The van der Waals surface area contributed by atoms with E-state index in [9.17, 15) is 0 Å². The Kier molecular flexibility index (Phi) is 5.70. The molecule has 0 amide bonds. The maximum atomic E-state index is 5.84. The number of aromatic nitrogens is 1. The summed E-state index contributed by atoms with van der Waals surface area (Å²) in [5.41, 5.74) is 0.386. The van der Waals surface area contributed by atoms with Crippen LogP contribution in [0.1, 0.15) is 19.3 Å². The molecular formula is C13H20Cl2N2O. The molecular weight excluding hydrogens is 271 g/mol. The molecule has 1 aromatic rings. The Hall–Kier alpha value is -0.510. The third-order valence-corrected chi connectivity index (χ3v) is 4.11. The van der Waals surface area contributed by atoms with E-state index in [0.717, 1.165) is 24.9 Å². The predicted molar refractivity (Wildman–Crippen MR) is 76.9 cm³/mol. The van der Waals surface area contributed by atoms with Gasteiger partial charge in [0, 0.05) is 24.2 Å². The van der Waals surface area contributed by atoms with E-state index in [2.05, 4.69) is 10.3 Å². The van der Waals surface area contributed by atoms with Crippen LogP contribution in [0.3, 0.4) is 0 Å². The first-order chi connectivity index (χ1) is 7.89. The van der Waals surface area contributed by atoms with Gasteiger partial charge in [0.2, 0.25) is 5.88 Å². The van der Waals surface area contributed by atoms with E-state index in [4.69, 9.17) is 4.74 Å². The van der Waals surface area contributed by atoms with Crippen LogP contribution in [0.4, 0.5) is 0 Å². The van der Waals surface area contributed by atoms with Crippen LogP contribution in [0.2, 0.25) is 0 Å². The lowest BCUT2D eigenvalue weighted by Crippen LogP contribution is -2.32. The van der Waals surface area contributed by atoms with Crippen LogP contribution in [0.25, 0.3) is 0 Å². The Balaban J connectivity index is 0.000000810. The Morgan fingerprint density at radius 2 is 2.28 bits per heavy atom. The van der Waals surface area contributed by atoms with Gasteiger partial charge in [-0.2, -0.15) is 0 Å². The van der Waals surface area contributed by atoms with E-state index in [-0.39, 0.29) is 24.8 Å². The molecule has 3 rings (SSSR count). The highest BCUT2D eigenvalue weighted by Gasteiger charge is 2.46. The Labute approximate surface area is 121 Å². The van der Waals surface area contributed by atoms with Crippen molar-refractivity contribution in [3.05, 3.63) is 24.4 Å². The summed E-state index contributed by atoms with van der Waals surface area (Å²) in [5.74, 6) is 1.57. The maximum Gasteiger partial charge on any atom is 0.213 e. The van der Waals surface area contributed by atoms with Crippen molar-refractivity contribution >= 4 is 24.8 Å². The molecule has 0 radical (unpaired) electrons. The summed E-state index contributed by atoms with van der Waals surface area (Å²) in [6.07, 6.45) is 5.81. The van der Waals surface area contributed by atoms with Gasteiger partial charge >= 0.3 is 0 Å². The van der Waals surface area contributed by atoms with Gasteiger partial charge in [-0.05, 0) is 31.4 Å². The molecule has 2 atom stereocenters. The van der Waals surface area contributed by atoms with Crippen LogP contribution in [0.5, 0.6) is 5.88 Å². The van der Waals surface area contributed by atoms with Crippen LogP contribution in [-0.4, -0.2) is 24.7 Å². The number of halogens is 2. The molecule has 1 aliphatic carbocycles. The zero-order valence-electron chi connectivity index (χ0n) is 10.3. The van der Waals surface area contributed by atoms with E-state index in [0.29, 0.717) is 5.41 Å². The van der Waals surface area contributed by atoms with E-state index in [1.54, 1.807) is 6.20 Å². The van der Waals surface area contributed by atoms with Crippen molar-refractivity contribution in [2.45, 2.75) is 19.3 Å². The minimum atomic E-state index is 0. The second-order valence-corrected chi connectivity index (χ2v) is 5.04. The van der Waals surface area contributed by atoms with E-state index >= 15 is 0 Å². The summed E-state index contributed by atoms with van der Waals surface area (Å²) in [6.45, 7) is 3.11. The molecule has 5 heteroatoms. The summed E-state index contributed by atoms with van der Waals surface area (Å²) < 4.78 is 5.84. The summed E-state index contributed by atoms with van der Waals surface area (Å²) in [6, 6.07) is 5.82. The van der Waals surface area contributed by atoms with Crippen molar-refractivity contribution in [1.82, 2.24) is 10.3 Å². The van der Waals surface area contributed by atoms with Crippen molar-refractivity contribution in [3.8, 4) is 5.88 Å². The average Bonchev–Trinajstić information content (AvgIpc) is 2.87. The Morgan fingerprint density at radius 3 is 3.06 bits per heavy atom. The molecule has 102 valence electrons. The van der Waals surface area contributed by atoms with Crippen LogP contribution >= 0.6 is 24.8 Å². The molecule has 2 heterocycles. The van der Waals surface area contributed by atoms with Gasteiger partial charge in [-0.25, -0.2) is 4.98 Å². The maximum absolute atomic E-state index is 5.84. The van der Waals surface area contributed by atoms with E-state index in [1.807, 2.05) is 18.2 Å². The van der Waals surface area contributed by atoms with Gasteiger partial charge < -0.3 is 10.1 Å². The number of ether oxygens (including phenoxy) is 1. The number of hydrogen-bond acceptors (Lipinski definition) is 3. The minimum Gasteiger partial charge on any atom is -0.477 e. The fraction of sp³-hybridized carbons (Fsp3) is 0.615. The van der Waals surface area contributed by atoms with Gasteiger partial charge in [-0.3, -0.25) is 0 Å². The van der Waals surface area contributed by atoms with Crippen LogP contribution in [0.15, 0.2) is 24.4 Å². The second-order valence-electron chi connectivity index (χ2n) is 5.04. The van der Waals surface area contributed by atoms with E-state index in [1.165, 1.54) is 25.8 Å². The molecule has 0 bridgehead atoms. The van der Waals surface area contributed by atoms with Gasteiger partial charge in [0.25, 0.3) is 0 Å². The van der Waals surface area contributed by atoms with Gasteiger partial charge in [0.15, 0.2) is 0 Å². The van der Waals surface area contributed by atoms with Crippen LogP contribution in [-0.2, 0) is 0 Å². The summed E-state index contributed by atoms with van der Waals surface area (Å²) in [5, 5.41) is 3.50. The molecule has 0 spiro atoms. The zero-order chi connectivity index (χ0) is 10.8. The van der Waals surface area contributed by atoms with Crippen LogP contribution in [0, 0.1) is 11.3 Å². The molecule has 18 heavy (non-hydrogen) atoms. The van der Waals surface area contributed by atoms with E-state index < -0.39 is 0 Å². The number of nitrogens with zero attached hydrogens (tertiary/aromatic N) is 1. The molecule has 3 nitrogen and oxygen atoms in total. The Bertz CT molecular complexity index is 351. The highest BCUT2D eigenvalue weighted by Crippen LogP contribution is 2.45. The lowest BCUT2D eigenvalue weighted by atomic mass is 9.82. The highest BCUT2D eigenvalue weighted by atomic mass is 35.5. The molecule has 1 aliphatic heterocycles. The Morgan fingerprint density at radius 1 is 1.39 bits per heavy atom. The third kappa shape index (κ3) is 2.90. The predicted octanol–water partition coefficient (Wildman–Crippen LogP) is 2.69. The minimum absolute atomic E-state index is 0. The fourth-order valence-electron chi connectivity index (χ4n) is 3.15. The van der Waals surface area contributed by atoms with Crippen LogP contribution < -0.4 is 10.1 Å². The lowest BCUT2D eigenvalue weighted by Gasteiger charge is -2.27. The summed E-state index contributed by atoms with van der Waals surface area (Å²) >= 11 is 0. The monoisotopic (exact) mass is 290 g/mol. The standard InChI is InChI=1S/C13H18N2O.2ClH/c1-2-7-15-12(5-1)16-10-13-6-3-4-11(13)8-14-9-13;;/h1-2,5,7,11,14H,3-4,6,8-10H2;2*1H/t11-,13+;;/m1../s1. The highest BCUT2D eigenvalue weighted by molar-refractivity contribution is 5.85. The smallest absolute Gasteiger partial charge is 0.213 e.